The number of hydrogen-bond donors (Lipinski definition) is 1. The Kier molecular flexibility index (Phi) is 2.00. The van der Waals surface area contributed by atoms with Crippen LogP contribution in [0.1, 0.15) is 36.0 Å². The van der Waals surface area contributed by atoms with Gasteiger partial charge in [-0.1, -0.05) is 0 Å². The molecule has 0 unspecified atom stereocenters. The number of rotatable bonds is 2. The summed E-state index contributed by atoms with van der Waals surface area (Å²) in [6.07, 6.45) is 2.44. The molecule has 2 aromatic rings. The van der Waals surface area contributed by atoms with Gasteiger partial charge in [-0.15, -0.1) is 0 Å². The van der Waals surface area contributed by atoms with Crippen molar-refractivity contribution in [2.75, 3.05) is 5.73 Å². The van der Waals surface area contributed by atoms with Crippen LogP contribution in [0.25, 0.3) is 5.13 Å². The summed E-state index contributed by atoms with van der Waals surface area (Å²) >= 11 is 1.39. The number of nitrogen functional groups attached to an aromatic ring is 1. The Morgan fingerprint density at radius 2 is 2.12 bits per heavy atom. The van der Waals surface area contributed by atoms with Crippen molar-refractivity contribution >= 4 is 17.2 Å². The smallest absolute Gasteiger partial charge is 0.230 e. The van der Waals surface area contributed by atoms with Crippen LogP contribution >= 0.6 is 11.5 Å². The van der Waals surface area contributed by atoms with Crippen LogP contribution in [0.3, 0.4) is 0 Å². The Labute approximate surface area is 97.5 Å². The molecule has 0 amide bonds. The van der Waals surface area contributed by atoms with Crippen LogP contribution in [-0.2, 0) is 0 Å². The van der Waals surface area contributed by atoms with Gasteiger partial charge in [-0.25, -0.2) is 9.67 Å². The summed E-state index contributed by atoms with van der Waals surface area (Å²) < 4.78 is 6.15. The largest absolute Gasteiger partial charge is 0.396 e. The lowest BCUT2D eigenvalue weighted by molar-refractivity contribution is 0.814. The van der Waals surface area contributed by atoms with Crippen LogP contribution in [0.4, 0.5) is 5.69 Å². The third-order valence-electron chi connectivity index (χ3n) is 2.90. The molecule has 1 saturated carbocycles. The molecule has 2 aromatic heterocycles. The van der Waals surface area contributed by atoms with E-state index in [4.69, 9.17) is 5.73 Å². The molecule has 84 valence electrons. The Hall–Kier alpha value is -1.43. The predicted octanol–water partition coefficient (Wildman–Crippen LogP) is 1.80. The SMILES string of the molecule is Cc1nn(-c2nc(C3CC3)ns2)c(C)c1N. The molecule has 0 atom stereocenters. The van der Waals surface area contributed by atoms with Gasteiger partial charge in [-0.3, -0.25) is 0 Å². The summed E-state index contributed by atoms with van der Waals surface area (Å²) in [5, 5.41) is 5.19. The van der Waals surface area contributed by atoms with Gasteiger partial charge in [0.1, 0.15) is 5.82 Å². The average Bonchev–Trinajstić information content (AvgIpc) is 2.96. The summed E-state index contributed by atoms with van der Waals surface area (Å²) in [5.74, 6) is 1.55. The molecular weight excluding hydrogens is 222 g/mol. The summed E-state index contributed by atoms with van der Waals surface area (Å²) in [6, 6.07) is 0. The molecule has 5 nitrogen and oxygen atoms in total. The van der Waals surface area contributed by atoms with Gasteiger partial charge in [0, 0.05) is 17.5 Å². The zero-order valence-electron chi connectivity index (χ0n) is 9.27. The van der Waals surface area contributed by atoms with Gasteiger partial charge in [0.15, 0.2) is 0 Å². The molecule has 16 heavy (non-hydrogen) atoms. The standard InChI is InChI=1S/C10H13N5S/c1-5-8(11)6(2)15(13-5)10-12-9(14-16-10)7-3-4-7/h7H,3-4,11H2,1-2H3. The van der Waals surface area contributed by atoms with E-state index in [0.717, 1.165) is 28.0 Å². The van der Waals surface area contributed by atoms with Crippen LogP contribution < -0.4 is 5.73 Å². The van der Waals surface area contributed by atoms with Crippen LogP contribution in [0.2, 0.25) is 0 Å². The van der Waals surface area contributed by atoms with Gasteiger partial charge >= 0.3 is 0 Å². The second-order valence-electron chi connectivity index (χ2n) is 4.21. The maximum absolute atomic E-state index is 5.89. The monoisotopic (exact) mass is 235 g/mol. The van der Waals surface area contributed by atoms with E-state index in [1.165, 1.54) is 24.4 Å². The molecule has 0 spiro atoms. The minimum atomic E-state index is 0.583. The summed E-state index contributed by atoms with van der Waals surface area (Å²) in [4.78, 5) is 4.51. The van der Waals surface area contributed by atoms with Crippen molar-refractivity contribution in [2.45, 2.75) is 32.6 Å². The van der Waals surface area contributed by atoms with Gasteiger partial charge in [-0.05, 0) is 26.7 Å². The summed E-state index contributed by atoms with van der Waals surface area (Å²) in [7, 11) is 0. The van der Waals surface area contributed by atoms with Crippen molar-refractivity contribution in [2.24, 2.45) is 0 Å². The minimum absolute atomic E-state index is 0.583. The molecule has 6 heteroatoms. The van der Waals surface area contributed by atoms with Crippen LogP contribution in [0, 0.1) is 13.8 Å². The van der Waals surface area contributed by atoms with Crippen molar-refractivity contribution in [3.05, 3.63) is 17.2 Å². The predicted molar refractivity (Wildman–Crippen MR) is 62.9 cm³/mol. The first-order valence-corrected chi connectivity index (χ1v) is 6.10. The second-order valence-corrected chi connectivity index (χ2v) is 4.94. The summed E-state index contributed by atoms with van der Waals surface area (Å²) in [6.45, 7) is 3.86. The molecule has 2 heterocycles. The minimum Gasteiger partial charge on any atom is -0.396 e. The number of hydrogen-bond acceptors (Lipinski definition) is 5. The molecule has 2 N–H and O–H groups in total. The van der Waals surface area contributed by atoms with Gasteiger partial charge in [-0.2, -0.15) is 9.47 Å². The van der Waals surface area contributed by atoms with E-state index in [2.05, 4.69) is 14.5 Å². The third-order valence-corrected chi connectivity index (χ3v) is 3.61. The van der Waals surface area contributed by atoms with E-state index in [1.807, 2.05) is 13.8 Å². The highest BCUT2D eigenvalue weighted by atomic mass is 32.1. The Bertz CT molecular complexity index is 537. The lowest BCUT2D eigenvalue weighted by Crippen LogP contribution is -1.99. The van der Waals surface area contributed by atoms with Crippen molar-refractivity contribution in [1.82, 2.24) is 19.1 Å². The number of anilines is 1. The van der Waals surface area contributed by atoms with E-state index in [0.29, 0.717) is 5.92 Å². The molecule has 1 fully saturated rings. The van der Waals surface area contributed by atoms with E-state index in [9.17, 15) is 0 Å². The van der Waals surface area contributed by atoms with Crippen LogP contribution in [0.15, 0.2) is 0 Å². The molecule has 3 rings (SSSR count). The first kappa shape index (κ1) is 9.77. The Morgan fingerprint density at radius 3 is 2.69 bits per heavy atom. The molecular formula is C10H13N5S. The van der Waals surface area contributed by atoms with Gasteiger partial charge < -0.3 is 5.73 Å². The maximum Gasteiger partial charge on any atom is 0.230 e. The molecule has 0 bridgehead atoms. The lowest BCUT2D eigenvalue weighted by Gasteiger charge is -1.96. The Balaban J connectivity index is 2.03. The molecule has 0 aromatic carbocycles. The van der Waals surface area contributed by atoms with E-state index >= 15 is 0 Å². The topological polar surface area (TPSA) is 69.6 Å². The lowest BCUT2D eigenvalue weighted by atomic mass is 10.3. The van der Waals surface area contributed by atoms with E-state index < -0.39 is 0 Å². The quantitative estimate of drug-likeness (QED) is 0.861. The fraction of sp³-hybridized carbons (Fsp3) is 0.500. The molecule has 1 aliphatic rings. The number of nitrogens with zero attached hydrogens (tertiary/aromatic N) is 4. The molecule has 0 saturated heterocycles. The average molecular weight is 235 g/mol. The van der Waals surface area contributed by atoms with Crippen molar-refractivity contribution in [1.29, 1.82) is 0 Å². The molecule has 1 aliphatic carbocycles. The first-order valence-electron chi connectivity index (χ1n) is 5.32. The zero-order chi connectivity index (χ0) is 11.3. The number of aryl methyl sites for hydroxylation is 1. The van der Waals surface area contributed by atoms with Gasteiger partial charge in [0.25, 0.3) is 0 Å². The van der Waals surface area contributed by atoms with E-state index in [-0.39, 0.29) is 0 Å². The number of aromatic nitrogens is 4. The first-order chi connectivity index (χ1) is 7.66. The fourth-order valence-electron chi connectivity index (χ4n) is 1.66. The van der Waals surface area contributed by atoms with E-state index in [1.54, 1.807) is 4.68 Å². The van der Waals surface area contributed by atoms with Crippen LogP contribution in [0.5, 0.6) is 0 Å². The highest BCUT2D eigenvalue weighted by molar-refractivity contribution is 7.08. The highest BCUT2D eigenvalue weighted by Gasteiger charge is 2.28. The Morgan fingerprint density at radius 1 is 1.38 bits per heavy atom. The van der Waals surface area contributed by atoms with Crippen LogP contribution in [-0.4, -0.2) is 19.1 Å². The zero-order valence-corrected chi connectivity index (χ0v) is 10.1. The van der Waals surface area contributed by atoms with Gasteiger partial charge in [0.05, 0.1) is 17.1 Å². The second kappa shape index (κ2) is 3.28. The van der Waals surface area contributed by atoms with Crippen molar-refractivity contribution < 1.29 is 0 Å². The summed E-state index contributed by atoms with van der Waals surface area (Å²) in [5.41, 5.74) is 8.42. The maximum atomic E-state index is 5.89. The number of nitrogens with two attached hydrogens (primary N) is 1. The molecule has 0 radical (unpaired) electrons. The van der Waals surface area contributed by atoms with Crippen molar-refractivity contribution in [3.63, 3.8) is 0 Å². The normalized spacial score (nSPS) is 15.6. The fourth-order valence-corrected chi connectivity index (χ4v) is 2.42. The van der Waals surface area contributed by atoms with Gasteiger partial charge in [0.2, 0.25) is 5.13 Å². The molecule has 0 aliphatic heterocycles. The highest BCUT2D eigenvalue weighted by Crippen LogP contribution is 2.39. The van der Waals surface area contributed by atoms with Crippen molar-refractivity contribution in [3.8, 4) is 5.13 Å². The third kappa shape index (κ3) is 1.41.